The Kier molecular flexibility index (Phi) is 6.92. The van der Waals surface area contributed by atoms with E-state index in [9.17, 15) is 0 Å². The molecular weight excluding hydrogens is 266 g/mol. The standard InChI is InChI=1S/C16H27N3O2/c1-20-10-3-8-19(9-11-21-2)16-13-17-7-6-14(16)12-18-15-4-5-15/h6-7,13,15,18H,3-5,8-12H2,1-2H3. The third-order valence-corrected chi connectivity index (χ3v) is 3.73. The molecule has 1 N–H and O–H groups in total. The van der Waals surface area contributed by atoms with Crippen LogP contribution in [0.25, 0.3) is 0 Å². The fourth-order valence-electron chi connectivity index (χ4n) is 2.34. The summed E-state index contributed by atoms with van der Waals surface area (Å²) < 4.78 is 10.4. The van der Waals surface area contributed by atoms with Gasteiger partial charge >= 0.3 is 0 Å². The van der Waals surface area contributed by atoms with Crippen LogP contribution in [-0.2, 0) is 16.0 Å². The average molecular weight is 293 g/mol. The zero-order valence-electron chi connectivity index (χ0n) is 13.2. The average Bonchev–Trinajstić information content (AvgIpc) is 3.33. The van der Waals surface area contributed by atoms with Crippen molar-refractivity contribution in [3.05, 3.63) is 24.0 Å². The Morgan fingerprint density at radius 2 is 2.05 bits per heavy atom. The minimum absolute atomic E-state index is 0.715. The van der Waals surface area contributed by atoms with E-state index in [4.69, 9.17) is 9.47 Å². The fourth-order valence-corrected chi connectivity index (χ4v) is 2.34. The van der Waals surface area contributed by atoms with Gasteiger partial charge in [-0.3, -0.25) is 4.98 Å². The van der Waals surface area contributed by atoms with E-state index in [0.717, 1.165) is 39.3 Å². The number of hydrogen-bond donors (Lipinski definition) is 1. The Balaban J connectivity index is 2.00. The molecule has 1 aliphatic carbocycles. The number of nitrogens with one attached hydrogen (secondary N) is 1. The van der Waals surface area contributed by atoms with Crippen LogP contribution in [0.5, 0.6) is 0 Å². The van der Waals surface area contributed by atoms with E-state index in [2.05, 4.69) is 21.3 Å². The van der Waals surface area contributed by atoms with Crippen LogP contribution in [0.15, 0.2) is 18.5 Å². The van der Waals surface area contributed by atoms with Gasteiger partial charge < -0.3 is 19.7 Å². The molecule has 0 saturated heterocycles. The van der Waals surface area contributed by atoms with Gasteiger partial charge in [0.2, 0.25) is 0 Å². The van der Waals surface area contributed by atoms with Crippen molar-refractivity contribution in [3.8, 4) is 0 Å². The molecule has 0 aliphatic heterocycles. The number of hydrogen-bond acceptors (Lipinski definition) is 5. The lowest BCUT2D eigenvalue weighted by atomic mass is 10.2. The van der Waals surface area contributed by atoms with Gasteiger partial charge in [0.25, 0.3) is 0 Å². The van der Waals surface area contributed by atoms with Crippen LogP contribution in [0.3, 0.4) is 0 Å². The Hall–Kier alpha value is -1.17. The fraction of sp³-hybridized carbons (Fsp3) is 0.688. The summed E-state index contributed by atoms with van der Waals surface area (Å²) >= 11 is 0. The highest BCUT2D eigenvalue weighted by Gasteiger charge is 2.21. The van der Waals surface area contributed by atoms with Crippen molar-refractivity contribution >= 4 is 5.69 Å². The first-order valence-corrected chi connectivity index (χ1v) is 7.74. The molecule has 0 unspecified atom stereocenters. The largest absolute Gasteiger partial charge is 0.385 e. The SMILES string of the molecule is COCCCN(CCOC)c1cnccc1CNC1CC1. The summed E-state index contributed by atoms with van der Waals surface area (Å²) in [5, 5.41) is 3.58. The number of anilines is 1. The predicted octanol–water partition coefficient (Wildman–Crippen LogP) is 1.82. The van der Waals surface area contributed by atoms with Crippen molar-refractivity contribution in [2.24, 2.45) is 0 Å². The Morgan fingerprint density at radius 3 is 2.76 bits per heavy atom. The zero-order valence-corrected chi connectivity index (χ0v) is 13.2. The second-order valence-electron chi connectivity index (χ2n) is 5.49. The van der Waals surface area contributed by atoms with E-state index in [1.54, 1.807) is 14.2 Å². The smallest absolute Gasteiger partial charge is 0.0637 e. The molecule has 5 heteroatoms. The van der Waals surface area contributed by atoms with Crippen molar-refractivity contribution in [1.82, 2.24) is 10.3 Å². The lowest BCUT2D eigenvalue weighted by molar-refractivity contribution is 0.191. The molecule has 1 heterocycles. The highest BCUT2D eigenvalue weighted by molar-refractivity contribution is 5.51. The van der Waals surface area contributed by atoms with Gasteiger partial charge in [0, 0.05) is 52.7 Å². The molecule has 21 heavy (non-hydrogen) atoms. The normalized spacial score (nSPS) is 14.4. The first-order chi connectivity index (χ1) is 10.3. The van der Waals surface area contributed by atoms with Gasteiger partial charge in [-0.2, -0.15) is 0 Å². The Labute approximate surface area is 127 Å². The minimum atomic E-state index is 0.715. The molecule has 0 aromatic carbocycles. The van der Waals surface area contributed by atoms with Gasteiger partial charge in [-0.25, -0.2) is 0 Å². The Morgan fingerprint density at radius 1 is 1.24 bits per heavy atom. The molecular formula is C16H27N3O2. The van der Waals surface area contributed by atoms with Gasteiger partial charge in [-0.1, -0.05) is 0 Å². The third kappa shape index (κ3) is 5.61. The summed E-state index contributed by atoms with van der Waals surface area (Å²) in [7, 11) is 3.49. The number of rotatable bonds is 11. The molecule has 0 amide bonds. The van der Waals surface area contributed by atoms with Gasteiger partial charge in [-0.05, 0) is 30.9 Å². The first kappa shape index (κ1) is 16.2. The van der Waals surface area contributed by atoms with Crippen LogP contribution < -0.4 is 10.2 Å². The van der Waals surface area contributed by atoms with Crippen LogP contribution in [0, 0.1) is 0 Å². The van der Waals surface area contributed by atoms with Crippen molar-refractivity contribution < 1.29 is 9.47 Å². The van der Waals surface area contributed by atoms with E-state index < -0.39 is 0 Å². The summed E-state index contributed by atoms with van der Waals surface area (Å²) in [5.74, 6) is 0. The van der Waals surface area contributed by atoms with E-state index in [1.807, 2.05) is 12.4 Å². The van der Waals surface area contributed by atoms with Crippen molar-refractivity contribution in [1.29, 1.82) is 0 Å². The van der Waals surface area contributed by atoms with Crippen LogP contribution in [0.4, 0.5) is 5.69 Å². The van der Waals surface area contributed by atoms with Crippen molar-refractivity contribution in [2.45, 2.75) is 31.8 Å². The molecule has 1 aliphatic rings. The molecule has 0 atom stereocenters. The summed E-state index contributed by atoms with van der Waals surface area (Å²) in [5.41, 5.74) is 2.52. The van der Waals surface area contributed by atoms with E-state index in [-0.39, 0.29) is 0 Å². The molecule has 1 fully saturated rings. The summed E-state index contributed by atoms with van der Waals surface area (Å²) in [6, 6.07) is 2.83. The lowest BCUT2D eigenvalue weighted by Crippen LogP contribution is -2.31. The van der Waals surface area contributed by atoms with Crippen molar-refractivity contribution in [2.75, 3.05) is 45.4 Å². The maximum absolute atomic E-state index is 5.24. The predicted molar refractivity (Wildman–Crippen MR) is 84.7 cm³/mol. The van der Waals surface area contributed by atoms with Crippen LogP contribution in [0.1, 0.15) is 24.8 Å². The molecule has 118 valence electrons. The summed E-state index contributed by atoms with van der Waals surface area (Å²) in [6.45, 7) is 4.24. The quantitative estimate of drug-likeness (QED) is 0.631. The van der Waals surface area contributed by atoms with Crippen molar-refractivity contribution in [3.63, 3.8) is 0 Å². The maximum Gasteiger partial charge on any atom is 0.0637 e. The van der Waals surface area contributed by atoms with Crippen LogP contribution in [0.2, 0.25) is 0 Å². The molecule has 0 spiro atoms. The molecule has 2 rings (SSSR count). The first-order valence-electron chi connectivity index (χ1n) is 7.74. The topological polar surface area (TPSA) is 46.6 Å². The molecule has 5 nitrogen and oxygen atoms in total. The second kappa shape index (κ2) is 8.97. The Bertz CT molecular complexity index is 410. The van der Waals surface area contributed by atoms with Gasteiger partial charge in [0.1, 0.15) is 0 Å². The van der Waals surface area contributed by atoms with E-state index in [1.165, 1.54) is 24.1 Å². The maximum atomic E-state index is 5.24. The van der Waals surface area contributed by atoms with Gasteiger partial charge in [-0.15, -0.1) is 0 Å². The van der Waals surface area contributed by atoms with Crippen LogP contribution >= 0.6 is 0 Å². The van der Waals surface area contributed by atoms with Crippen LogP contribution in [-0.4, -0.2) is 51.5 Å². The monoisotopic (exact) mass is 293 g/mol. The minimum Gasteiger partial charge on any atom is -0.385 e. The zero-order chi connectivity index (χ0) is 14.9. The third-order valence-electron chi connectivity index (χ3n) is 3.73. The van der Waals surface area contributed by atoms with E-state index in [0.29, 0.717) is 6.04 Å². The van der Waals surface area contributed by atoms with Gasteiger partial charge in [0.15, 0.2) is 0 Å². The van der Waals surface area contributed by atoms with Gasteiger partial charge in [0.05, 0.1) is 18.5 Å². The molecule has 1 aromatic rings. The molecule has 0 radical (unpaired) electrons. The number of aromatic nitrogens is 1. The summed E-state index contributed by atoms with van der Waals surface area (Å²) in [6.07, 6.45) is 7.46. The highest BCUT2D eigenvalue weighted by Crippen LogP contribution is 2.23. The number of methoxy groups -OCH3 is 2. The number of ether oxygens (including phenoxy) is 2. The molecule has 1 aromatic heterocycles. The van der Waals surface area contributed by atoms with E-state index >= 15 is 0 Å². The highest BCUT2D eigenvalue weighted by atomic mass is 16.5. The second-order valence-corrected chi connectivity index (χ2v) is 5.49. The number of nitrogens with zero attached hydrogens (tertiary/aromatic N) is 2. The summed E-state index contributed by atoms with van der Waals surface area (Å²) in [4.78, 5) is 6.65. The number of pyridine rings is 1. The lowest BCUT2D eigenvalue weighted by Gasteiger charge is -2.26. The molecule has 1 saturated carbocycles. The molecule has 0 bridgehead atoms.